The maximum atomic E-state index is 13.3. The summed E-state index contributed by atoms with van der Waals surface area (Å²) in [5.41, 5.74) is 0. The van der Waals surface area contributed by atoms with Crippen molar-refractivity contribution in [2.24, 2.45) is 17.8 Å². The fourth-order valence-corrected chi connectivity index (χ4v) is 2.96. The van der Waals surface area contributed by atoms with Gasteiger partial charge in [-0.3, -0.25) is 9.69 Å². The van der Waals surface area contributed by atoms with Crippen LogP contribution >= 0.6 is 0 Å². The van der Waals surface area contributed by atoms with E-state index in [1.807, 2.05) is 0 Å². The number of carboxylic acid groups (broad SMARTS) is 1. The molecule has 1 saturated heterocycles. The predicted octanol–water partition coefficient (Wildman–Crippen LogP) is 3.30. The predicted molar refractivity (Wildman–Crippen MR) is 104 cm³/mol. The van der Waals surface area contributed by atoms with Gasteiger partial charge < -0.3 is 19.3 Å². The molecule has 1 aromatic carbocycles. The third kappa shape index (κ3) is 6.33. The molecular formula is C21H28FNO7. The molecule has 1 amide bonds. The van der Waals surface area contributed by atoms with Gasteiger partial charge in [-0.2, -0.15) is 0 Å². The van der Waals surface area contributed by atoms with Crippen LogP contribution in [0.4, 0.5) is 9.18 Å². The summed E-state index contributed by atoms with van der Waals surface area (Å²) >= 11 is 0. The van der Waals surface area contributed by atoms with E-state index in [0.29, 0.717) is 5.75 Å². The van der Waals surface area contributed by atoms with Crippen LogP contribution in [-0.4, -0.2) is 53.5 Å². The minimum atomic E-state index is -1.17. The van der Waals surface area contributed by atoms with Crippen molar-refractivity contribution in [2.45, 2.75) is 46.4 Å². The lowest BCUT2D eigenvalue weighted by Gasteiger charge is -2.27. The number of ether oxygens (including phenoxy) is 3. The Bertz CT molecular complexity index is 767. The van der Waals surface area contributed by atoms with E-state index in [1.54, 1.807) is 33.8 Å². The second kappa shape index (κ2) is 10.3. The second-order valence-electron chi connectivity index (χ2n) is 7.96. The monoisotopic (exact) mass is 425 g/mol. The average Bonchev–Trinajstić information content (AvgIpc) is 3.10. The van der Waals surface area contributed by atoms with Crippen molar-refractivity contribution in [1.29, 1.82) is 0 Å². The number of rotatable bonds is 8. The molecule has 0 spiro atoms. The van der Waals surface area contributed by atoms with Gasteiger partial charge >= 0.3 is 18.0 Å². The van der Waals surface area contributed by atoms with E-state index in [4.69, 9.17) is 14.2 Å². The SMILES string of the molecule is CC(C)C(=O)O[C@@H](OC(=O)N1C[C@@H](COc2cccc(F)c2)C[C@H]1C(=O)O)C(C)C. The minimum Gasteiger partial charge on any atom is -0.493 e. The lowest BCUT2D eigenvalue weighted by molar-refractivity contribution is -0.181. The van der Waals surface area contributed by atoms with E-state index < -0.39 is 42.1 Å². The Morgan fingerprint density at radius 3 is 2.47 bits per heavy atom. The molecule has 166 valence electrons. The lowest BCUT2D eigenvalue weighted by atomic mass is 10.1. The van der Waals surface area contributed by atoms with Gasteiger partial charge in [-0.25, -0.2) is 14.0 Å². The molecule has 1 N–H and O–H groups in total. The maximum Gasteiger partial charge on any atom is 0.413 e. The summed E-state index contributed by atoms with van der Waals surface area (Å²) in [6.45, 7) is 6.97. The van der Waals surface area contributed by atoms with Crippen molar-refractivity contribution >= 4 is 18.0 Å². The molecule has 0 radical (unpaired) electrons. The van der Waals surface area contributed by atoms with Gasteiger partial charge in [0, 0.05) is 24.4 Å². The number of benzene rings is 1. The second-order valence-corrected chi connectivity index (χ2v) is 7.96. The number of carboxylic acids is 1. The molecule has 0 bridgehead atoms. The standard InChI is InChI=1S/C21H28FNO7/c1-12(2)19(26)29-20(13(3)4)30-21(27)23-10-14(8-17(23)18(24)25)11-28-16-7-5-6-15(22)9-16/h5-7,9,12-14,17,20H,8,10-11H2,1-4H3,(H,24,25)/t14-,17-,20-/m0/s1. The topological polar surface area (TPSA) is 102 Å². The summed E-state index contributed by atoms with van der Waals surface area (Å²) in [4.78, 5) is 37.3. The maximum absolute atomic E-state index is 13.3. The van der Waals surface area contributed by atoms with Crippen LogP contribution in [0.15, 0.2) is 24.3 Å². The van der Waals surface area contributed by atoms with E-state index in [2.05, 4.69) is 0 Å². The van der Waals surface area contributed by atoms with Crippen LogP contribution in [0.5, 0.6) is 5.75 Å². The zero-order valence-electron chi connectivity index (χ0n) is 17.5. The number of esters is 1. The highest BCUT2D eigenvalue weighted by Crippen LogP contribution is 2.27. The lowest BCUT2D eigenvalue weighted by Crippen LogP contribution is -2.43. The summed E-state index contributed by atoms with van der Waals surface area (Å²) in [5.74, 6) is -2.79. The third-order valence-electron chi connectivity index (χ3n) is 4.65. The molecule has 1 heterocycles. The molecule has 2 rings (SSSR count). The quantitative estimate of drug-likeness (QED) is 0.504. The molecule has 0 unspecified atom stereocenters. The van der Waals surface area contributed by atoms with Crippen molar-refractivity contribution in [3.8, 4) is 5.75 Å². The van der Waals surface area contributed by atoms with Crippen LogP contribution in [0.25, 0.3) is 0 Å². The van der Waals surface area contributed by atoms with Gasteiger partial charge in [0.25, 0.3) is 6.29 Å². The van der Waals surface area contributed by atoms with E-state index in [-0.39, 0.29) is 31.4 Å². The zero-order chi connectivity index (χ0) is 22.4. The highest BCUT2D eigenvalue weighted by atomic mass is 19.1. The number of amides is 1. The first-order chi connectivity index (χ1) is 14.1. The Morgan fingerprint density at radius 2 is 1.90 bits per heavy atom. The Labute approximate surface area is 174 Å². The summed E-state index contributed by atoms with van der Waals surface area (Å²) in [6, 6.07) is 4.53. The van der Waals surface area contributed by atoms with Crippen LogP contribution in [0.2, 0.25) is 0 Å². The molecule has 1 fully saturated rings. The van der Waals surface area contributed by atoms with E-state index in [9.17, 15) is 23.9 Å². The summed E-state index contributed by atoms with van der Waals surface area (Å²) < 4.78 is 29.4. The first kappa shape index (κ1) is 23.4. The molecule has 3 atom stereocenters. The minimum absolute atomic E-state index is 0.0913. The first-order valence-electron chi connectivity index (χ1n) is 9.87. The van der Waals surface area contributed by atoms with Crippen molar-refractivity contribution in [1.82, 2.24) is 4.90 Å². The number of aliphatic carboxylic acids is 1. The third-order valence-corrected chi connectivity index (χ3v) is 4.65. The van der Waals surface area contributed by atoms with Gasteiger partial charge in [0.1, 0.15) is 17.6 Å². The molecule has 0 aliphatic carbocycles. The number of hydrogen-bond donors (Lipinski definition) is 1. The highest BCUT2D eigenvalue weighted by Gasteiger charge is 2.42. The van der Waals surface area contributed by atoms with E-state index in [0.717, 1.165) is 4.90 Å². The number of nitrogens with zero attached hydrogens (tertiary/aromatic N) is 1. The summed E-state index contributed by atoms with van der Waals surface area (Å²) in [7, 11) is 0. The van der Waals surface area contributed by atoms with Crippen molar-refractivity contribution in [2.75, 3.05) is 13.2 Å². The van der Waals surface area contributed by atoms with Gasteiger partial charge in [0.05, 0.1) is 12.5 Å². The Hall–Kier alpha value is -2.84. The molecule has 9 heteroatoms. The van der Waals surface area contributed by atoms with Crippen molar-refractivity contribution in [3.63, 3.8) is 0 Å². The molecule has 1 aromatic rings. The van der Waals surface area contributed by atoms with Crippen LogP contribution < -0.4 is 4.74 Å². The molecule has 1 aliphatic rings. The summed E-state index contributed by atoms with van der Waals surface area (Å²) in [5, 5.41) is 9.51. The molecule has 30 heavy (non-hydrogen) atoms. The largest absolute Gasteiger partial charge is 0.493 e. The Kier molecular flexibility index (Phi) is 8.02. The Balaban J connectivity index is 2.01. The summed E-state index contributed by atoms with van der Waals surface area (Å²) in [6.07, 6.45) is -1.83. The van der Waals surface area contributed by atoms with E-state index in [1.165, 1.54) is 18.2 Å². The van der Waals surface area contributed by atoms with E-state index >= 15 is 0 Å². The average molecular weight is 425 g/mol. The fourth-order valence-electron chi connectivity index (χ4n) is 2.96. The highest BCUT2D eigenvalue weighted by molar-refractivity contribution is 5.81. The number of likely N-dealkylation sites (tertiary alicyclic amines) is 1. The first-order valence-corrected chi connectivity index (χ1v) is 9.87. The Morgan fingerprint density at radius 1 is 1.20 bits per heavy atom. The zero-order valence-corrected chi connectivity index (χ0v) is 17.5. The van der Waals surface area contributed by atoms with Gasteiger partial charge in [-0.15, -0.1) is 0 Å². The van der Waals surface area contributed by atoms with Gasteiger partial charge in [0.15, 0.2) is 0 Å². The normalized spacial score (nSPS) is 19.6. The van der Waals surface area contributed by atoms with Gasteiger partial charge in [-0.05, 0) is 18.6 Å². The molecule has 0 aromatic heterocycles. The number of carbonyl (C=O) groups is 3. The van der Waals surface area contributed by atoms with Crippen LogP contribution in [-0.2, 0) is 19.1 Å². The molecule has 0 saturated carbocycles. The van der Waals surface area contributed by atoms with Gasteiger partial charge in [-0.1, -0.05) is 33.8 Å². The molecule has 1 aliphatic heterocycles. The number of halogens is 1. The smallest absolute Gasteiger partial charge is 0.413 e. The van der Waals surface area contributed by atoms with Crippen molar-refractivity contribution in [3.05, 3.63) is 30.1 Å². The number of hydrogen-bond acceptors (Lipinski definition) is 6. The van der Waals surface area contributed by atoms with Crippen molar-refractivity contribution < 1.29 is 38.1 Å². The number of carbonyl (C=O) groups excluding carboxylic acids is 2. The van der Waals surface area contributed by atoms with Crippen LogP contribution in [0.1, 0.15) is 34.1 Å². The van der Waals surface area contributed by atoms with Crippen LogP contribution in [0.3, 0.4) is 0 Å². The fraction of sp³-hybridized carbons (Fsp3) is 0.571. The van der Waals surface area contributed by atoms with Crippen LogP contribution in [0, 0.1) is 23.6 Å². The molecular weight excluding hydrogens is 397 g/mol. The molecule has 8 nitrogen and oxygen atoms in total. The van der Waals surface area contributed by atoms with Gasteiger partial charge in [0.2, 0.25) is 0 Å².